The van der Waals surface area contributed by atoms with Gasteiger partial charge in [0.15, 0.2) is 0 Å². The number of likely N-dealkylation sites (N-methyl/N-ethyl adjacent to an activating group) is 1. The number of ether oxygens (including phenoxy) is 1. The van der Waals surface area contributed by atoms with Gasteiger partial charge in [-0.15, -0.1) is 11.3 Å². The smallest absolute Gasteiger partial charge is 0.127 e. The third-order valence-electron chi connectivity index (χ3n) is 2.75. The second kappa shape index (κ2) is 5.53. The van der Waals surface area contributed by atoms with Crippen molar-refractivity contribution in [1.82, 2.24) is 15.3 Å². The van der Waals surface area contributed by atoms with E-state index in [1.54, 1.807) is 24.8 Å². The van der Waals surface area contributed by atoms with Crippen LogP contribution in [0, 0.1) is 6.92 Å². The molecule has 1 unspecified atom stereocenters. The number of methoxy groups -OCH3 is 1. The minimum absolute atomic E-state index is 0.290. The first-order valence-electron chi connectivity index (χ1n) is 5.60. The maximum atomic E-state index is 5.18. The first-order valence-corrected chi connectivity index (χ1v) is 6.42. The summed E-state index contributed by atoms with van der Waals surface area (Å²) in [5.41, 5.74) is 1.09. The number of aryl methyl sites for hydroxylation is 1. The SMILES string of the molecule is CNC(COC)Cc1ncnc2sc(C)cc12. The van der Waals surface area contributed by atoms with Crippen LogP contribution in [0.5, 0.6) is 0 Å². The van der Waals surface area contributed by atoms with Gasteiger partial charge >= 0.3 is 0 Å². The van der Waals surface area contributed by atoms with Crippen LogP contribution in [0.2, 0.25) is 0 Å². The molecule has 2 heterocycles. The Morgan fingerprint density at radius 1 is 1.47 bits per heavy atom. The molecule has 0 amide bonds. The highest BCUT2D eigenvalue weighted by molar-refractivity contribution is 7.18. The molecule has 0 saturated carbocycles. The van der Waals surface area contributed by atoms with Crippen LogP contribution in [0.1, 0.15) is 10.6 Å². The molecule has 92 valence electrons. The molecule has 1 N–H and O–H groups in total. The van der Waals surface area contributed by atoms with Gasteiger partial charge in [0, 0.05) is 29.8 Å². The fraction of sp³-hybridized carbons (Fsp3) is 0.500. The molecule has 0 aliphatic heterocycles. The van der Waals surface area contributed by atoms with Crippen molar-refractivity contribution in [2.24, 2.45) is 0 Å². The van der Waals surface area contributed by atoms with Crippen molar-refractivity contribution in [3.63, 3.8) is 0 Å². The van der Waals surface area contributed by atoms with Gasteiger partial charge in [-0.3, -0.25) is 0 Å². The molecule has 0 bridgehead atoms. The predicted molar refractivity (Wildman–Crippen MR) is 70.6 cm³/mol. The van der Waals surface area contributed by atoms with E-state index in [0.29, 0.717) is 12.6 Å². The maximum absolute atomic E-state index is 5.18. The van der Waals surface area contributed by atoms with Crippen molar-refractivity contribution in [2.75, 3.05) is 20.8 Å². The molecule has 0 aromatic carbocycles. The molecule has 17 heavy (non-hydrogen) atoms. The summed E-state index contributed by atoms with van der Waals surface area (Å²) in [7, 11) is 3.66. The van der Waals surface area contributed by atoms with Crippen molar-refractivity contribution < 1.29 is 4.74 Å². The zero-order chi connectivity index (χ0) is 12.3. The number of aromatic nitrogens is 2. The van der Waals surface area contributed by atoms with Gasteiger partial charge in [-0.1, -0.05) is 0 Å². The number of fused-ring (bicyclic) bond motifs is 1. The van der Waals surface area contributed by atoms with Gasteiger partial charge in [0.1, 0.15) is 11.2 Å². The Labute approximate surface area is 105 Å². The molecule has 2 aromatic rings. The predicted octanol–water partition coefficient (Wildman–Crippen LogP) is 1.78. The highest BCUT2D eigenvalue weighted by Crippen LogP contribution is 2.25. The van der Waals surface area contributed by atoms with Crippen LogP contribution in [0.4, 0.5) is 0 Å². The fourth-order valence-electron chi connectivity index (χ4n) is 1.87. The van der Waals surface area contributed by atoms with Crippen LogP contribution >= 0.6 is 11.3 Å². The van der Waals surface area contributed by atoms with Gasteiger partial charge in [0.25, 0.3) is 0 Å². The molecule has 0 aliphatic carbocycles. The summed E-state index contributed by atoms with van der Waals surface area (Å²) in [4.78, 5) is 11.0. The zero-order valence-electron chi connectivity index (χ0n) is 10.4. The quantitative estimate of drug-likeness (QED) is 0.880. The molecule has 0 fully saturated rings. The number of nitrogens with zero attached hydrogens (tertiary/aromatic N) is 2. The summed E-state index contributed by atoms with van der Waals surface area (Å²) in [6.07, 6.45) is 2.51. The van der Waals surface area contributed by atoms with E-state index in [4.69, 9.17) is 4.74 Å². The number of hydrogen-bond donors (Lipinski definition) is 1. The van der Waals surface area contributed by atoms with Crippen LogP contribution in [0.15, 0.2) is 12.4 Å². The Bertz CT molecular complexity index is 497. The molecule has 0 spiro atoms. The second-order valence-electron chi connectivity index (χ2n) is 4.04. The number of thiophene rings is 1. The minimum atomic E-state index is 0.290. The summed E-state index contributed by atoms with van der Waals surface area (Å²) in [6, 6.07) is 2.45. The Hall–Kier alpha value is -1.04. The molecule has 4 nitrogen and oxygen atoms in total. The van der Waals surface area contributed by atoms with E-state index in [0.717, 1.165) is 16.9 Å². The van der Waals surface area contributed by atoms with Crippen LogP contribution in [-0.2, 0) is 11.2 Å². The maximum Gasteiger partial charge on any atom is 0.127 e. The van der Waals surface area contributed by atoms with E-state index in [-0.39, 0.29) is 0 Å². The van der Waals surface area contributed by atoms with E-state index in [2.05, 4.69) is 28.3 Å². The average molecular weight is 251 g/mol. The Morgan fingerprint density at radius 3 is 3.00 bits per heavy atom. The van der Waals surface area contributed by atoms with E-state index in [1.807, 2.05) is 7.05 Å². The third-order valence-corrected chi connectivity index (χ3v) is 3.71. The lowest BCUT2D eigenvalue weighted by atomic mass is 10.1. The summed E-state index contributed by atoms with van der Waals surface area (Å²) >= 11 is 1.71. The molecule has 5 heteroatoms. The van der Waals surface area contributed by atoms with Crippen molar-refractivity contribution in [3.8, 4) is 0 Å². The summed E-state index contributed by atoms with van der Waals surface area (Å²) in [6.45, 7) is 2.78. The van der Waals surface area contributed by atoms with Crippen molar-refractivity contribution in [1.29, 1.82) is 0 Å². The Balaban J connectivity index is 2.28. The molecule has 2 rings (SSSR count). The minimum Gasteiger partial charge on any atom is -0.383 e. The van der Waals surface area contributed by atoms with Crippen LogP contribution in [0.25, 0.3) is 10.2 Å². The zero-order valence-corrected chi connectivity index (χ0v) is 11.2. The van der Waals surface area contributed by atoms with Gasteiger partial charge in [-0.05, 0) is 20.0 Å². The average Bonchev–Trinajstić information content (AvgIpc) is 2.70. The monoisotopic (exact) mass is 251 g/mol. The lowest BCUT2D eigenvalue weighted by Gasteiger charge is -2.14. The highest BCUT2D eigenvalue weighted by atomic mass is 32.1. The van der Waals surface area contributed by atoms with Crippen LogP contribution < -0.4 is 5.32 Å². The second-order valence-corrected chi connectivity index (χ2v) is 5.28. The third kappa shape index (κ3) is 2.80. The van der Waals surface area contributed by atoms with Crippen LogP contribution in [-0.4, -0.2) is 36.8 Å². The highest BCUT2D eigenvalue weighted by Gasteiger charge is 2.12. The normalized spacial score (nSPS) is 13.1. The molecule has 0 saturated heterocycles. The summed E-state index contributed by atoms with van der Waals surface area (Å²) < 4.78 is 5.18. The number of hydrogen-bond acceptors (Lipinski definition) is 5. The molecule has 0 radical (unpaired) electrons. The molecular weight excluding hydrogens is 234 g/mol. The van der Waals surface area contributed by atoms with E-state index >= 15 is 0 Å². The Morgan fingerprint density at radius 2 is 2.29 bits per heavy atom. The van der Waals surface area contributed by atoms with Gasteiger partial charge in [-0.25, -0.2) is 9.97 Å². The lowest BCUT2D eigenvalue weighted by Crippen LogP contribution is -2.32. The molecule has 0 aliphatic rings. The topological polar surface area (TPSA) is 47.0 Å². The fourth-order valence-corrected chi connectivity index (χ4v) is 2.73. The van der Waals surface area contributed by atoms with Crippen LogP contribution in [0.3, 0.4) is 0 Å². The largest absolute Gasteiger partial charge is 0.383 e. The van der Waals surface area contributed by atoms with Gasteiger partial charge in [-0.2, -0.15) is 0 Å². The molecular formula is C12H17N3OS. The van der Waals surface area contributed by atoms with Crippen molar-refractivity contribution in [3.05, 3.63) is 23.0 Å². The van der Waals surface area contributed by atoms with Crippen molar-refractivity contribution >= 4 is 21.6 Å². The first-order chi connectivity index (χ1) is 8.24. The Kier molecular flexibility index (Phi) is 4.04. The summed E-state index contributed by atoms with van der Waals surface area (Å²) in [5.74, 6) is 0. The van der Waals surface area contributed by atoms with E-state index in [9.17, 15) is 0 Å². The van der Waals surface area contributed by atoms with E-state index in [1.165, 1.54) is 10.3 Å². The van der Waals surface area contributed by atoms with Gasteiger partial charge in [0.05, 0.1) is 12.3 Å². The number of nitrogens with one attached hydrogen (secondary N) is 1. The van der Waals surface area contributed by atoms with E-state index < -0.39 is 0 Å². The van der Waals surface area contributed by atoms with Crippen molar-refractivity contribution in [2.45, 2.75) is 19.4 Å². The standard InChI is InChI=1S/C12H17N3OS/c1-8-4-10-11(5-9(13-2)6-16-3)14-7-15-12(10)17-8/h4,7,9,13H,5-6H2,1-3H3. The lowest BCUT2D eigenvalue weighted by molar-refractivity contribution is 0.169. The molecule has 1 atom stereocenters. The first kappa shape index (κ1) is 12.4. The number of rotatable bonds is 5. The molecule has 2 aromatic heterocycles. The van der Waals surface area contributed by atoms with Gasteiger partial charge in [0.2, 0.25) is 0 Å². The van der Waals surface area contributed by atoms with Gasteiger partial charge < -0.3 is 10.1 Å². The summed E-state index contributed by atoms with van der Waals surface area (Å²) in [5, 5.41) is 4.41.